The number of rotatable bonds is 4. The SMILES string of the molecule is Cc1ccc2nc(C3CCN(CC(=O)Nc4ccc(Br)cc4)CC3)[nH]c2c1. The molecule has 0 radical (unpaired) electrons. The first-order valence-corrected chi connectivity index (χ1v) is 10.1. The van der Waals surface area contributed by atoms with Crippen LogP contribution in [0.4, 0.5) is 5.69 Å². The number of hydrogen-bond donors (Lipinski definition) is 2. The van der Waals surface area contributed by atoms with Crippen molar-refractivity contribution in [3.8, 4) is 0 Å². The van der Waals surface area contributed by atoms with E-state index in [0.717, 1.165) is 52.9 Å². The van der Waals surface area contributed by atoms with Gasteiger partial charge in [0, 0.05) is 16.1 Å². The largest absolute Gasteiger partial charge is 0.342 e. The fourth-order valence-electron chi connectivity index (χ4n) is 3.64. The number of hydrogen-bond acceptors (Lipinski definition) is 3. The maximum absolute atomic E-state index is 12.3. The molecule has 1 aromatic heterocycles. The second-order valence-electron chi connectivity index (χ2n) is 7.25. The summed E-state index contributed by atoms with van der Waals surface area (Å²) in [6.45, 7) is 4.35. The minimum absolute atomic E-state index is 0.0370. The molecule has 1 aliphatic rings. The van der Waals surface area contributed by atoms with Crippen molar-refractivity contribution < 1.29 is 4.79 Å². The van der Waals surface area contributed by atoms with E-state index in [1.807, 2.05) is 24.3 Å². The van der Waals surface area contributed by atoms with Crippen LogP contribution >= 0.6 is 15.9 Å². The number of amides is 1. The second kappa shape index (κ2) is 7.82. The number of nitrogens with one attached hydrogen (secondary N) is 2. The summed E-state index contributed by atoms with van der Waals surface area (Å²) in [6, 6.07) is 14.0. The predicted octanol–water partition coefficient (Wildman–Crippen LogP) is 4.45. The molecule has 1 fully saturated rings. The summed E-state index contributed by atoms with van der Waals surface area (Å²) < 4.78 is 1.00. The van der Waals surface area contributed by atoms with Crippen molar-refractivity contribution in [1.29, 1.82) is 0 Å². The van der Waals surface area contributed by atoms with E-state index in [2.05, 4.69) is 56.3 Å². The molecule has 27 heavy (non-hydrogen) atoms. The van der Waals surface area contributed by atoms with Crippen LogP contribution in [0.5, 0.6) is 0 Å². The zero-order valence-electron chi connectivity index (χ0n) is 15.3. The number of carbonyl (C=O) groups excluding carboxylic acids is 1. The Morgan fingerprint density at radius 1 is 1.22 bits per heavy atom. The molecule has 2 N–H and O–H groups in total. The number of aryl methyl sites for hydroxylation is 1. The van der Waals surface area contributed by atoms with Crippen LogP contribution in [0.3, 0.4) is 0 Å². The number of imidazole rings is 1. The maximum atomic E-state index is 12.3. The lowest BCUT2D eigenvalue weighted by Crippen LogP contribution is -2.38. The van der Waals surface area contributed by atoms with Crippen molar-refractivity contribution in [2.75, 3.05) is 25.0 Å². The van der Waals surface area contributed by atoms with Crippen molar-refractivity contribution >= 4 is 38.6 Å². The number of fused-ring (bicyclic) bond motifs is 1. The van der Waals surface area contributed by atoms with Crippen LogP contribution in [-0.4, -0.2) is 40.4 Å². The Bertz CT molecular complexity index is 942. The zero-order valence-corrected chi connectivity index (χ0v) is 16.9. The van der Waals surface area contributed by atoms with Crippen LogP contribution in [0.2, 0.25) is 0 Å². The van der Waals surface area contributed by atoms with Gasteiger partial charge in [-0.15, -0.1) is 0 Å². The molecule has 1 aliphatic heterocycles. The minimum Gasteiger partial charge on any atom is -0.342 e. The Morgan fingerprint density at radius 3 is 2.70 bits per heavy atom. The van der Waals surface area contributed by atoms with Crippen LogP contribution < -0.4 is 5.32 Å². The fourth-order valence-corrected chi connectivity index (χ4v) is 3.90. The molecule has 0 saturated carbocycles. The lowest BCUT2D eigenvalue weighted by Gasteiger charge is -2.30. The van der Waals surface area contributed by atoms with Crippen LogP contribution in [0.1, 0.15) is 30.1 Å². The van der Waals surface area contributed by atoms with Crippen molar-refractivity contribution in [2.45, 2.75) is 25.7 Å². The predicted molar refractivity (Wildman–Crippen MR) is 112 cm³/mol. The molecule has 1 saturated heterocycles. The number of anilines is 1. The molecule has 2 aromatic carbocycles. The Hall–Kier alpha value is -2.18. The molecule has 0 bridgehead atoms. The average Bonchev–Trinajstić information content (AvgIpc) is 3.07. The summed E-state index contributed by atoms with van der Waals surface area (Å²) in [5.41, 5.74) is 4.22. The van der Waals surface area contributed by atoms with Gasteiger partial charge in [-0.3, -0.25) is 9.69 Å². The summed E-state index contributed by atoms with van der Waals surface area (Å²) in [7, 11) is 0. The summed E-state index contributed by atoms with van der Waals surface area (Å²) in [5, 5.41) is 2.96. The van der Waals surface area contributed by atoms with Crippen molar-refractivity contribution in [3.63, 3.8) is 0 Å². The Morgan fingerprint density at radius 2 is 1.96 bits per heavy atom. The normalized spacial score (nSPS) is 15.9. The molecule has 0 spiro atoms. The Labute approximate surface area is 167 Å². The van der Waals surface area contributed by atoms with Crippen molar-refractivity contribution in [3.05, 3.63) is 58.3 Å². The number of carbonyl (C=O) groups is 1. The van der Waals surface area contributed by atoms with Gasteiger partial charge in [0.05, 0.1) is 17.6 Å². The van der Waals surface area contributed by atoms with E-state index in [1.165, 1.54) is 5.56 Å². The van der Waals surface area contributed by atoms with Crippen molar-refractivity contribution in [2.24, 2.45) is 0 Å². The smallest absolute Gasteiger partial charge is 0.238 e. The lowest BCUT2D eigenvalue weighted by molar-refractivity contribution is -0.117. The van der Waals surface area contributed by atoms with Crippen LogP contribution in [-0.2, 0) is 4.79 Å². The quantitative estimate of drug-likeness (QED) is 0.647. The summed E-state index contributed by atoms with van der Waals surface area (Å²) in [5.74, 6) is 1.55. The highest BCUT2D eigenvalue weighted by Gasteiger charge is 2.24. The summed E-state index contributed by atoms with van der Waals surface area (Å²) in [6.07, 6.45) is 2.04. The number of H-pyrrole nitrogens is 1. The highest BCUT2D eigenvalue weighted by atomic mass is 79.9. The van der Waals surface area contributed by atoms with Gasteiger partial charge < -0.3 is 10.3 Å². The third-order valence-corrected chi connectivity index (χ3v) is 5.65. The fraction of sp³-hybridized carbons (Fsp3) is 0.333. The standard InChI is InChI=1S/C21H23BrN4O/c1-14-2-7-18-19(12-14)25-21(24-18)15-8-10-26(11-9-15)13-20(27)23-17-5-3-16(22)4-6-17/h2-7,12,15H,8-11,13H2,1H3,(H,23,27)(H,24,25). The zero-order chi connectivity index (χ0) is 18.8. The van der Waals surface area contributed by atoms with Gasteiger partial charge in [0.1, 0.15) is 5.82 Å². The van der Waals surface area contributed by atoms with E-state index in [-0.39, 0.29) is 5.91 Å². The van der Waals surface area contributed by atoms with E-state index in [0.29, 0.717) is 12.5 Å². The van der Waals surface area contributed by atoms with Crippen LogP contribution in [0, 0.1) is 6.92 Å². The second-order valence-corrected chi connectivity index (χ2v) is 8.16. The van der Waals surface area contributed by atoms with E-state index in [9.17, 15) is 4.79 Å². The number of aromatic amines is 1. The van der Waals surface area contributed by atoms with Gasteiger partial charge >= 0.3 is 0 Å². The number of benzene rings is 2. The highest BCUT2D eigenvalue weighted by molar-refractivity contribution is 9.10. The first-order valence-electron chi connectivity index (χ1n) is 9.31. The van der Waals surface area contributed by atoms with Gasteiger partial charge in [-0.2, -0.15) is 0 Å². The molecule has 3 aromatic rings. The number of halogens is 1. The number of nitrogens with zero attached hydrogens (tertiary/aromatic N) is 2. The molecule has 0 unspecified atom stereocenters. The molecular formula is C21H23BrN4O. The first-order chi connectivity index (χ1) is 13.1. The number of piperidine rings is 1. The van der Waals surface area contributed by atoms with E-state index in [1.54, 1.807) is 0 Å². The van der Waals surface area contributed by atoms with Gasteiger partial charge in [-0.05, 0) is 74.8 Å². The number of likely N-dealkylation sites (tertiary alicyclic amines) is 1. The topological polar surface area (TPSA) is 61.0 Å². The Kier molecular flexibility index (Phi) is 5.27. The molecule has 2 heterocycles. The average molecular weight is 427 g/mol. The first kappa shape index (κ1) is 18.2. The van der Waals surface area contributed by atoms with Gasteiger partial charge in [-0.1, -0.05) is 22.0 Å². The summed E-state index contributed by atoms with van der Waals surface area (Å²) >= 11 is 3.40. The lowest BCUT2D eigenvalue weighted by atomic mass is 9.96. The maximum Gasteiger partial charge on any atom is 0.238 e. The molecule has 0 atom stereocenters. The van der Waals surface area contributed by atoms with E-state index >= 15 is 0 Å². The van der Waals surface area contributed by atoms with E-state index < -0.39 is 0 Å². The molecular weight excluding hydrogens is 404 g/mol. The van der Waals surface area contributed by atoms with Crippen molar-refractivity contribution in [1.82, 2.24) is 14.9 Å². The molecule has 1 amide bonds. The van der Waals surface area contributed by atoms with Gasteiger partial charge in [0.25, 0.3) is 0 Å². The Balaban J connectivity index is 1.31. The van der Waals surface area contributed by atoms with Gasteiger partial charge in [-0.25, -0.2) is 4.98 Å². The van der Waals surface area contributed by atoms with E-state index in [4.69, 9.17) is 4.98 Å². The highest BCUT2D eigenvalue weighted by Crippen LogP contribution is 2.28. The number of aromatic nitrogens is 2. The molecule has 6 heteroatoms. The third kappa shape index (κ3) is 4.39. The molecule has 4 rings (SSSR count). The molecule has 5 nitrogen and oxygen atoms in total. The third-order valence-electron chi connectivity index (χ3n) is 5.13. The van der Waals surface area contributed by atoms with Gasteiger partial charge in [0.15, 0.2) is 0 Å². The van der Waals surface area contributed by atoms with Crippen LogP contribution in [0.25, 0.3) is 11.0 Å². The monoisotopic (exact) mass is 426 g/mol. The molecule has 140 valence electrons. The molecule has 0 aliphatic carbocycles. The summed E-state index contributed by atoms with van der Waals surface area (Å²) in [4.78, 5) is 22.8. The minimum atomic E-state index is 0.0370. The van der Waals surface area contributed by atoms with Gasteiger partial charge in [0.2, 0.25) is 5.91 Å². The van der Waals surface area contributed by atoms with Crippen LogP contribution in [0.15, 0.2) is 46.9 Å².